The van der Waals surface area contributed by atoms with E-state index in [4.69, 9.17) is 4.74 Å². The molecule has 0 aliphatic rings. The van der Waals surface area contributed by atoms with Gasteiger partial charge in [0, 0.05) is 12.1 Å². The van der Waals surface area contributed by atoms with Crippen LogP contribution in [-0.4, -0.2) is 47.4 Å². The molecule has 1 aromatic rings. The van der Waals surface area contributed by atoms with E-state index in [1.165, 1.54) is 0 Å². The number of nitrogens with one attached hydrogen (secondary N) is 1. The molecule has 1 aromatic carbocycles. The van der Waals surface area contributed by atoms with Crippen LogP contribution < -0.4 is 5.32 Å². The number of amides is 1. The highest BCUT2D eigenvalue weighted by molar-refractivity contribution is 6.35. The largest absolute Gasteiger partial charge is 0.480 e. The molecule has 26 heavy (non-hydrogen) atoms. The van der Waals surface area contributed by atoms with Gasteiger partial charge in [-0.25, -0.2) is 9.59 Å². The van der Waals surface area contributed by atoms with Gasteiger partial charge in [-0.2, -0.15) is 0 Å². The number of hydrogen-bond donors (Lipinski definition) is 2. The van der Waals surface area contributed by atoms with Crippen LogP contribution >= 0.6 is 0 Å². The Hall–Kier alpha value is -2.70. The van der Waals surface area contributed by atoms with Gasteiger partial charge >= 0.3 is 12.1 Å². The summed E-state index contributed by atoms with van der Waals surface area (Å²) >= 11 is 0. The van der Waals surface area contributed by atoms with E-state index in [2.05, 4.69) is 10.3 Å². The van der Waals surface area contributed by atoms with Crippen molar-refractivity contribution in [3.8, 4) is 0 Å². The number of ether oxygens (including phenoxy) is 1. The average molecular weight is 362 g/mol. The molecule has 0 saturated carbocycles. The van der Waals surface area contributed by atoms with Gasteiger partial charge in [-0.1, -0.05) is 30.3 Å². The zero-order valence-electron chi connectivity index (χ0n) is 15.4. The number of ketones is 1. The Balaban J connectivity index is 2.38. The molecule has 0 spiro atoms. The van der Waals surface area contributed by atoms with Crippen LogP contribution in [0.1, 0.15) is 50.4 Å². The fraction of sp³-hybridized carbons (Fsp3) is 0.474. The minimum Gasteiger partial charge on any atom is -0.480 e. The van der Waals surface area contributed by atoms with Crippen molar-refractivity contribution in [3.63, 3.8) is 0 Å². The monoisotopic (exact) mass is 362 g/mol. The van der Waals surface area contributed by atoms with Crippen molar-refractivity contribution >= 4 is 24.1 Å². The minimum absolute atomic E-state index is 0.282. The highest BCUT2D eigenvalue weighted by Gasteiger charge is 2.17. The summed E-state index contributed by atoms with van der Waals surface area (Å²) in [5.41, 5.74) is -0.0969. The number of carbonyl (C=O) groups is 3. The summed E-state index contributed by atoms with van der Waals surface area (Å²) in [6.07, 6.45) is 1.98. The first kappa shape index (κ1) is 21.3. The Kier molecular flexibility index (Phi) is 8.48. The normalized spacial score (nSPS) is 12.6. The van der Waals surface area contributed by atoms with Gasteiger partial charge in [0.05, 0.1) is 6.21 Å². The lowest BCUT2D eigenvalue weighted by Gasteiger charge is -2.19. The number of rotatable bonds is 9. The number of Topliss-reactive ketones (excluding diaryl/α,β-unsaturated/α-hetero) is 1. The van der Waals surface area contributed by atoms with E-state index in [0.29, 0.717) is 24.9 Å². The molecule has 2 N–H and O–H groups in total. The average Bonchev–Trinajstić information content (AvgIpc) is 2.55. The molecule has 0 aromatic heterocycles. The molecule has 0 fully saturated rings. The maximum Gasteiger partial charge on any atom is 0.407 e. The van der Waals surface area contributed by atoms with E-state index in [9.17, 15) is 19.5 Å². The lowest BCUT2D eigenvalue weighted by Crippen LogP contribution is -2.33. The molecule has 7 nitrogen and oxygen atoms in total. The Morgan fingerprint density at radius 1 is 1.19 bits per heavy atom. The van der Waals surface area contributed by atoms with Crippen molar-refractivity contribution in [1.29, 1.82) is 0 Å². The molecule has 7 heteroatoms. The molecule has 142 valence electrons. The summed E-state index contributed by atoms with van der Waals surface area (Å²) in [7, 11) is 0. The van der Waals surface area contributed by atoms with Crippen molar-refractivity contribution in [2.24, 2.45) is 4.99 Å². The van der Waals surface area contributed by atoms with Crippen LogP contribution in [0.2, 0.25) is 0 Å². The van der Waals surface area contributed by atoms with Gasteiger partial charge in [0.15, 0.2) is 0 Å². The molecule has 1 atom stereocenters. The Labute approximate surface area is 153 Å². The van der Waals surface area contributed by atoms with Gasteiger partial charge in [-0.15, -0.1) is 0 Å². The summed E-state index contributed by atoms with van der Waals surface area (Å²) in [4.78, 5) is 38.6. The van der Waals surface area contributed by atoms with E-state index in [-0.39, 0.29) is 12.2 Å². The van der Waals surface area contributed by atoms with Crippen molar-refractivity contribution in [3.05, 3.63) is 35.9 Å². The number of benzene rings is 1. The van der Waals surface area contributed by atoms with Crippen molar-refractivity contribution in [1.82, 2.24) is 5.32 Å². The molecule has 0 radical (unpaired) electrons. The van der Waals surface area contributed by atoms with Crippen molar-refractivity contribution in [2.75, 3.05) is 6.54 Å². The SMILES string of the molecule is CC(C)(C)OC(=O)NCCCC[C@H](N=CC(=O)c1ccccc1)C(=O)O. The maximum atomic E-state index is 11.9. The Morgan fingerprint density at radius 2 is 1.85 bits per heavy atom. The number of hydrogen-bond acceptors (Lipinski definition) is 5. The second-order valence-electron chi connectivity index (χ2n) is 6.79. The predicted molar refractivity (Wildman–Crippen MR) is 98.8 cm³/mol. The van der Waals surface area contributed by atoms with Crippen LogP contribution in [0.25, 0.3) is 0 Å². The zero-order valence-corrected chi connectivity index (χ0v) is 15.4. The molecular formula is C19H26N2O5. The highest BCUT2D eigenvalue weighted by atomic mass is 16.6. The summed E-state index contributed by atoms with van der Waals surface area (Å²) in [5.74, 6) is -1.41. The Bertz CT molecular complexity index is 635. The third-order valence-electron chi connectivity index (χ3n) is 3.29. The van der Waals surface area contributed by atoms with Gasteiger partial charge in [0.25, 0.3) is 0 Å². The molecule has 0 saturated heterocycles. The molecule has 1 amide bonds. The van der Waals surface area contributed by atoms with E-state index in [0.717, 1.165) is 6.21 Å². The number of unbranched alkanes of at least 4 members (excludes halogenated alkanes) is 1. The second-order valence-corrected chi connectivity index (χ2v) is 6.79. The van der Waals surface area contributed by atoms with Crippen LogP contribution in [0, 0.1) is 0 Å². The number of aliphatic carboxylic acids is 1. The van der Waals surface area contributed by atoms with E-state index < -0.39 is 23.7 Å². The molecule has 0 aliphatic carbocycles. The van der Waals surface area contributed by atoms with Gasteiger partial charge < -0.3 is 15.2 Å². The molecule has 0 heterocycles. The summed E-state index contributed by atoms with van der Waals surface area (Å²) < 4.78 is 5.11. The predicted octanol–water partition coefficient (Wildman–Crippen LogP) is 3.09. The third-order valence-corrected chi connectivity index (χ3v) is 3.29. The number of alkyl carbamates (subject to hydrolysis) is 1. The topological polar surface area (TPSA) is 105 Å². The molecule has 0 bridgehead atoms. The standard InChI is InChI=1S/C19H26N2O5/c1-19(2,3)26-18(25)20-12-8-7-11-15(17(23)24)21-13-16(22)14-9-5-4-6-10-14/h4-6,9-10,13,15H,7-8,11-12H2,1-3H3,(H,20,25)(H,23,24)/t15-/m0/s1. The number of carboxylic acids is 1. The summed E-state index contributed by atoms with van der Waals surface area (Å²) in [6, 6.07) is 7.56. The van der Waals surface area contributed by atoms with E-state index in [1.807, 2.05) is 0 Å². The minimum atomic E-state index is -1.08. The maximum absolute atomic E-state index is 11.9. The van der Waals surface area contributed by atoms with Crippen LogP contribution in [0.4, 0.5) is 4.79 Å². The lowest BCUT2D eigenvalue weighted by molar-refractivity contribution is -0.138. The summed E-state index contributed by atoms with van der Waals surface area (Å²) in [6.45, 7) is 5.71. The van der Waals surface area contributed by atoms with Crippen LogP contribution in [0.3, 0.4) is 0 Å². The lowest BCUT2D eigenvalue weighted by atomic mass is 10.1. The highest BCUT2D eigenvalue weighted by Crippen LogP contribution is 2.08. The van der Waals surface area contributed by atoms with Gasteiger partial charge in [-0.3, -0.25) is 9.79 Å². The smallest absolute Gasteiger partial charge is 0.407 e. The quantitative estimate of drug-likeness (QED) is 0.399. The van der Waals surface area contributed by atoms with Crippen LogP contribution in [0.15, 0.2) is 35.3 Å². The fourth-order valence-corrected chi connectivity index (χ4v) is 2.06. The number of carboxylic acid groups (broad SMARTS) is 1. The first-order chi connectivity index (χ1) is 12.2. The summed E-state index contributed by atoms with van der Waals surface area (Å²) in [5, 5.41) is 11.8. The fourth-order valence-electron chi connectivity index (χ4n) is 2.06. The van der Waals surface area contributed by atoms with Gasteiger partial charge in [-0.05, 0) is 40.0 Å². The second kappa shape index (κ2) is 10.3. The Morgan fingerprint density at radius 3 is 2.42 bits per heavy atom. The molecule has 0 aliphatic heterocycles. The molecular weight excluding hydrogens is 336 g/mol. The van der Waals surface area contributed by atoms with E-state index >= 15 is 0 Å². The first-order valence-corrected chi connectivity index (χ1v) is 8.51. The third kappa shape index (κ3) is 8.96. The number of carbonyl (C=O) groups excluding carboxylic acids is 2. The van der Waals surface area contributed by atoms with Crippen molar-refractivity contribution < 1.29 is 24.2 Å². The van der Waals surface area contributed by atoms with E-state index in [1.54, 1.807) is 51.1 Å². The number of aliphatic imine (C=N–C) groups is 1. The molecule has 1 rings (SSSR count). The van der Waals surface area contributed by atoms with Gasteiger partial charge in [0.2, 0.25) is 5.78 Å². The first-order valence-electron chi connectivity index (χ1n) is 8.51. The number of nitrogens with zero attached hydrogens (tertiary/aromatic N) is 1. The van der Waals surface area contributed by atoms with Crippen LogP contribution in [-0.2, 0) is 9.53 Å². The van der Waals surface area contributed by atoms with Crippen LogP contribution in [0.5, 0.6) is 0 Å². The molecule has 0 unspecified atom stereocenters. The zero-order chi connectivity index (χ0) is 19.6. The van der Waals surface area contributed by atoms with Crippen molar-refractivity contribution in [2.45, 2.75) is 51.7 Å². The van der Waals surface area contributed by atoms with Gasteiger partial charge in [0.1, 0.15) is 11.6 Å².